The Labute approximate surface area is 145 Å². The van der Waals surface area contributed by atoms with E-state index >= 15 is 0 Å². The summed E-state index contributed by atoms with van der Waals surface area (Å²) in [5, 5.41) is 0. The molecule has 1 aromatic carbocycles. The van der Waals surface area contributed by atoms with Gasteiger partial charge in [0.05, 0.1) is 18.6 Å². The van der Waals surface area contributed by atoms with Gasteiger partial charge in [0.1, 0.15) is 19.0 Å². The van der Waals surface area contributed by atoms with Crippen LogP contribution in [-0.4, -0.2) is 53.7 Å². The summed E-state index contributed by atoms with van der Waals surface area (Å²) < 4.78 is 16.6. The summed E-state index contributed by atoms with van der Waals surface area (Å²) >= 11 is 0. The molecule has 1 saturated heterocycles. The van der Waals surface area contributed by atoms with Crippen molar-refractivity contribution in [3.8, 4) is 11.5 Å². The predicted molar refractivity (Wildman–Crippen MR) is 89.6 cm³/mol. The number of amides is 1. The Morgan fingerprint density at radius 1 is 1.36 bits per heavy atom. The highest BCUT2D eigenvalue weighted by Gasteiger charge is 2.37. The van der Waals surface area contributed by atoms with Crippen LogP contribution in [0.5, 0.6) is 11.5 Å². The Morgan fingerprint density at radius 3 is 2.96 bits per heavy atom. The first-order valence-corrected chi connectivity index (χ1v) is 8.44. The monoisotopic (exact) mass is 343 g/mol. The van der Waals surface area contributed by atoms with Crippen molar-refractivity contribution in [3.63, 3.8) is 0 Å². The van der Waals surface area contributed by atoms with Gasteiger partial charge in [0, 0.05) is 32.5 Å². The third-order valence-corrected chi connectivity index (χ3v) is 4.71. The van der Waals surface area contributed by atoms with Gasteiger partial charge in [-0.15, -0.1) is 0 Å². The van der Waals surface area contributed by atoms with Crippen LogP contribution in [0.15, 0.2) is 30.6 Å². The number of methoxy groups -OCH3 is 1. The van der Waals surface area contributed by atoms with E-state index in [1.165, 1.54) is 0 Å². The van der Waals surface area contributed by atoms with Gasteiger partial charge >= 0.3 is 0 Å². The number of aromatic amines is 1. The van der Waals surface area contributed by atoms with E-state index in [1.54, 1.807) is 19.5 Å². The minimum Gasteiger partial charge on any atom is -0.486 e. The zero-order valence-corrected chi connectivity index (χ0v) is 14.1. The SMILES string of the molecule is CO[C@@H]1CC(c2ncc[nH]2)N(C(=O)Cc2ccc3c(c2)OCCO3)C1. The van der Waals surface area contributed by atoms with Gasteiger partial charge in [-0.1, -0.05) is 6.07 Å². The van der Waals surface area contributed by atoms with Crippen LogP contribution in [0.25, 0.3) is 0 Å². The Bertz CT molecular complexity index is 747. The maximum Gasteiger partial charge on any atom is 0.227 e. The van der Waals surface area contributed by atoms with Gasteiger partial charge < -0.3 is 24.1 Å². The van der Waals surface area contributed by atoms with Crippen molar-refractivity contribution in [2.75, 3.05) is 26.9 Å². The molecule has 1 aromatic heterocycles. The number of benzene rings is 1. The number of aromatic nitrogens is 2. The number of likely N-dealkylation sites (tertiary alicyclic amines) is 1. The Balaban J connectivity index is 1.51. The molecule has 2 aromatic rings. The van der Waals surface area contributed by atoms with Crippen molar-refractivity contribution >= 4 is 5.91 Å². The van der Waals surface area contributed by atoms with E-state index < -0.39 is 0 Å². The number of fused-ring (bicyclic) bond motifs is 1. The first-order chi connectivity index (χ1) is 12.2. The molecule has 2 aliphatic heterocycles. The summed E-state index contributed by atoms with van der Waals surface area (Å²) in [6, 6.07) is 5.59. The number of H-pyrrole nitrogens is 1. The number of hydrogen-bond acceptors (Lipinski definition) is 5. The Hall–Kier alpha value is -2.54. The van der Waals surface area contributed by atoms with E-state index in [1.807, 2.05) is 23.1 Å². The van der Waals surface area contributed by atoms with E-state index in [0.717, 1.165) is 23.6 Å². The van der Waals surface area contributed by atoms with E-state index in [2.05, 4.69) is 9.97 Å². The summed E-state index contributed by atoms with van der Waals surface area (Å²) in [6.45, 7) is 1.67. The van der Waals surface area contributed by atoms with Crippen LogP contribution >= 0.6 is 0 Å². The molecule has 0 bridgehead atoms. The summed E-state index contributed by atoms with van der Waals surface area (Å²) in [6.07, 6.45) is 4.57. The van der Waals surface area contributed by atoms with E-state index in [9.17, 15) is 4.79 Å². The lowest BCUT2D eigenvalue weighted by Crippen LogP contribution is -2.33. The van der Waals surface area contributed by atoms with Gasteiger partial charge in [-0.3, -0.25) is 4.79 Å². The second-order valence-corrected chi connectivity index (χ2v) is 6.28. The van der Waals surface area contributed by atoms with E-state index in [4.69, 9.17) is 14.2 Å². The number of nitrogens with zero attached hydrogens (tertiary/aromatic N) is 2. The van der Waals surface area contributed by atoms with Gasteiger partial charge in [-0.25, -0.2) is 4.98 Å². The van der Waals surface area contributed by atoms with Crippen molar-refractivity contribution in [2.45, 2.75) is 25.0 Å². The Kier molecular flexibility index (Phi) is 4.31. The quantitative estimate of drug-likeness (QED) is 0.915. The summed E-state index contributed by atoms with van der Waals surface area (Å²) in [5.41, 5.74) is 0.910. The van der Waals surface area contributed by atoms with Crippen LogP contribution in [-0.2, 0) is 16.0 Å². The van der Waals surface area contributed by atoms with Crippen molar-refractivity contribution in [1.82, 2.24) is 14.9 Å². The second-order valence-electron chi connectivity index (χ2n) is 6.28. The van der Waals surface area contributed by atoms with Crippen molar-refractivity contribution < 1.29 is 19.0 Å². The lowest BCUT2D eigenvalue weighted by Gasteiger charge is -2.23. The molecule has 0 radical (unpaired) electrons. The molecule has 2 aliphatic rings. The lowest BCUT2D eigenvalue weighted by molar-refractivity contribution is -0.131. The summed E-state index contributed by atoms with van der Waals surface area (Å²) in [5.74, 6) is 2.29. The fraction of sp³-hybridized carbons (Fsp3) is 0.444. The fourth-order valence-corrected chi connectivity index (χ4v) is 3.44. The normalized spacial score (nSPS) is 22.2. The molecule has 132 valence electrons. The van der Waals surface area contributed by atoms with Gasteiger partial charge in [0.2, 0.25) is 5.91 Å². The molecule has 2 atom stereocenters. The average molecular weight is 343 g/mol. The van der Waals surface area contributed by atoms with Gasteiger partial charge in [0.15, 0.2) is 11.5 Å². The number of ether oxygens (including phenoxy) is 3. The van der Waals surface area contributed by atoms with E-state index in [0.29, 0.717) is 31.9 Å². The van der Waals surface area contributed by atoms with Gasteiger partial charge in [-0.2, -0.15) is 0 Å². The largest absolute Gasteiger partial charge is 0.486 e. The number of carbonyl (C=O) groups is 1. The smallest absolute Gasteiger partial charge is 0.227 e. The third-order valence-electron chi connectivity index (χ3n) is 4.71. The third kappa shape index (κ3) is 3.19. The zero-order chi connectivity index (χ0) is 17.2. The van der Waals surface area contributed by atoms with E-state index in [-0.39, 0.29) is 18.1 Å². The molecule has 0 aliphatic carbocycles. The summed E-state index contributed by atoms with van der Waals surface area (Å²) in [7, 11) is 1.68. The van der Waals surface area contributed by atoms with Crippen molar-refractivity contribution in [1.29, 1.82) is 0 Å². The molecule has 4 rings (SSSR count). The number of carbonyl (C=O) groups excluding carboxylic acids is 1. The molecule has 3 heterocycles. The molecule has 1 N–H and O–H groups in total. The number of imidazole rings is 1. The maximum absolute atomic E-state index is 12.9. The van der Waals surface area contributed by atoms with Gasteiger partial charge in [0.25, 0.3) is 0 Å². The molecule has 1 unspecified atom stereocenters. The topological polar surface area (TPSA) is 76.7 Å². The second kappa shape index (κ2) is 6.76. The average Bonchev–Trinajstić information content (AvgIpc) is 3.30. The van der Waals surface area contributed by atoms with Crippen molar-refractivity contribution in [2.24, 2.45) is 0 Å². The first-order valence-electron chi connectivity index (χ1n) is 8.44. The van der Waals surface area contributed by atoms with Crippen LogP contribution in [0.4, 0.5) is 0 Å². The molecular weight excluding hydrogens is 322 g/mol. The minimum absolute atomic E-state index is 0.0271. The zero-order valence-electron chi connectivity index (χ0n) is 14.1. The van der Waals surface area contributed by atoms with Gasteiger partial charge in [-0.05, 0) is 17.7 Å². The maximum atomic E-state index is 12.9. The number of rotatable bonds is 4. The molecule has 1 amide bonds. The highest BCUT2D eigenvalue weighted by atomic mass is 16.6. The minimum atomic E-state index is -0.0790. The van der Waals surface area contributed by atoms with Crippen LogP contribution in [0.3, 0.4) is 0 Å². The highest BCUT2D eigenvalue weighted by molar-refractivity contribution is 5.79. The Morgan fingerprint density at radius 2 is 2.20 bits per heavy atom. The molecule has 0 spiro atoms. The molecular formula is C18H21N3O4. The molecule has 0 saturated carbocycles. The molecule has 1 fully saturated rings. The predicted octanol–water partition coefficient (Wildman–Crippen LogP) is 1.71. The molecule has 25 heavy (non-hydrogen) atoms. The lowest BCUT2D eigenvalue weighted by atomic mass is 10.1. The summed E-state index contributed by atoms with van der Waals surface area (Å²) in [4.78, 5) is 22.2. The standard InChI is InChI=1S/C18H21N3O4/c1-23-13-10-14(18-19-4-5-20-18)21(11-13)17(22)9-12-2-3-15-16(8-12)25-7-6-24-15/h2-5,8,13-14H,6-7,9-11H2,1H3,(H,19,20)/t13-,14?/m1/s1. The first kappa shape index (κ1) is 16.0. The fourth-order valence-electron chi connectivity index (χ4n) is 3.44. The molecule has 7 heteroatoms. The van der Waals surface area contributed by atoms with Crippen LogP contribution < -0.4 is 9.47 Å². The van der Waals surface area contributed by atoms with Crippen molar-refractivity contribution in [3.05, 3.63) is 42.0 Å². The van der Waals surface area contributed by atoms with Crippen LogP contribution in [0.1, 0.15) is 23.9 Å². The van der Waals surface area contributed by atoms with Crippen LogP contribution in [0, 0.1) is 0 Å². The number of hydrogen-bond donors (Lipinski definition) is 1. The highest BCUT2D eigenvalue weighted by Crippen LogP contribution is 2.34. The number of nitrogens with one attached hydrogen (secondary N) is 1. The van der Waals surface area contributed by atoms with Crippen LogP contribution in [0.2, 0.25) is 0 Å². The molecule has 7 nitrogen and oxygen atoms in total.